The van der Waals surface area contributed by atoms with Crippen molar-refractivity contribution in [2.45, 2.75) is 18.3 Å². The van der Waals surface area contributed by atoms with Crippen LogP contribution in [0.25, 0.3) is 16.7 Å². The summed E-state index contributed by atoms with van der Waals surface area (Å²) in [6.45, 7) is 0. The van der Waals surface area contributed by atoms with E-state index in [0.717, 1.165) is 35.1 Å². The number of rotatable bonds is 8. The third-order valence-electron chi connectivity index (χ3n) is 5.81. The van der Waals surface area contributed by atoms with E-state index < -0.39 is 5.41 Å². The minimum atomic E-state index is -0.468. The van der Waals surface area contributed by atoms with Crippen molar-refractivity contribution >= 4 is 35.2 Å². The SMILES string of the molecule is CN/C(Nc1cncc(Cl)n1)=C(\C=N)c1ccc(-c2ccc(C3(C(=O)OC)CC3)cc2)cc1. The van der Waals surface area contributed by atoms with Crippen molar-refractivity contribution in [2.75, 3.05) is 19.5 Å². The van der Waals surface area contributed by atoms with E-state index in [1.54, 1.807) is 13.2 Å². The Hall–Kier alpha value is -3.71. The van der Waals surface area contributed by atoms with Crippen molar-refractivity contribution < 1.29 is 9.53 Å². The van der Waals surface area contributed by atoms with Crippen molar-refractivity contribution in [3.05, 3.63) is 83.0 Å². The topological polar surface area (TPSA) is 100.0 Å². The van der Waals surface area contributed by atoms with Gasteiger partial charge in [-0.1, -0.05) is 60.1 Å². The number of benzene rings is 2. The molecule has 8 heteroatoms. The maximum Gasteiger partial charge on any atom is 0.316 e. The molecule has 0 radical (unpaired) electrons. The molecule has 1 saturated carbocycles. The molecule has 168 valence electrons. The molecule has 0 bridgehead atoms. The Balaban J connectivity index is 1.57. The van der Waals surface area contributed by atoms with Crippen molar-refractivity contribution in [3.8, 4) is 11.1 Å². The Bertz CT molecular complexity index is 1200. The first-order valence-corrected chi connectivity index (χ1v) is 10.9. The standard InChI is InChI=1S/C25H24ClN5O2/c1-28-23(31-22-15-29-14-21(26)30-22)20(13-27)18-5-3-16(4-6-18)17-7-9-19(10-8-17)25(11-12-25)24(32)33-2/h3-10,13-15,27-28H,11-12H2,1-2H3,(H,30,31)/b23-20-,27-13?. The average molecular weight is 462 g/mol. The zero-order valence-electron chi connectivity index (χ0n) is 18.4. The van der Waals surface area contributed by atoms with Gasteiger partial charge in [-0.25, -0.2) is 4.98 Å². The number of nitrogens with zero attached hydrogens (tertiary/aromatic N) is 2. The Labute approximate surface area is 197 Å². The number of methoxy groups -OCH3 is 1. The van der Waals surface area contributed by atoms with Crippen LogP contribution < -0.4 is 10.6 Å². The number of anilines is 1. The molecular weight excluding hydrogens is 438 g/mol. The van der Waals surface area contributed by atoms with E-state index in [1.807, 2.05) is 48.5 Å². The minimum absolute atomic E-state index is 0.164. The van der Waals surface area contributed by atoms with Crippen LogP contribution in [-0.4, -0.2) is 36.3 Å². The van der Waals surface area contributed by atoms with Gasteiger partial charge in [0.25, 0.3) is 0 Å². The molecular formula is C25H24ClN5O2. The van der Waals surface area contributed by atoms with E-state index in [1.165, 1.54) is 19.5 Å². The molecule has 7 nitrogen and oxygen atoms in total. The maximum absolute atomic E-state index is 12.1. The number of aromatic nitrogens is 2. The summed E-state index contributed by atoms with van der Waals surface area (Å²) in [4.78, 5) is 20.3. The predicted molar refractivity (Wildman–Crippen MR) is 130 cm³/mol. The van der Waals surface area contributed by atoms with Gasteiger partial charge < -0.3 is 20.8 Å². The highest BCUT2D eigenvalue weighted by Gasteiger charge is 2.52. The van der Waals surface area contributed by atoms with Gasteiger partial charge in [0.2, 0.25) is 0 Å². The third-order valence-corrected chi connectivity index (χ3v) is 6.00. The lowest BCUT2D eigenvalue weighted by Gasteiger charge is -2.15. The molecule has 1 heterocycles. The van der Waals surface area contributed by atoms with Gasteiger partial charge in [0, 0.05) is 18.8 Å². The van der Waals surface area contributed by atoms with Gasteiger partial charge in [-0.3, -0.25) is 9.78 Å². The van der Waals surface area contributed by atoms with Crippen molar-refractivity contribution in [1.82, 2.24) is 15.3 Å². The molecule has 2 aromatic carbocycles. The number of halogens is 1. The number of allylic oxidation sites excluding steroid dienone is 1. The number of carbonyl (C=O) groups excluding carboxylic acids is 1. The fourth-order valence-electron chi connectivity index (χ4n) is 3.85. The van der Waals surface area contributed by atoms with Crippen LogP contribution >= 0.6 is 11.6 Å². The summed E-state index contributed by atoms with van der Waals surface area (Å²) in [5.41, 5.74) is 4.14. The molecule has 0 atom stereocenters. The lowest BCUT2D eigenvalue weighted by atomic mass is 9.93. The van der Waals surface area contributed by atoms with E-state index in [9.17, 15) is 4.79 Å². The number of esters is 1. The van der Waals surface area contributed by atoms with Gasteiger partial charge >= 0.3 is 5.97 Å². The summed E-state index contributed by atoms with van der Waals surface area (Å²) in [6, 6.07) is 16.0. The highest BCUT2D eigenvalue weighted by molar-refractivity contribution is 6.29. The summed E-state index contributed by atoms with van der Waals surface area (Å²) in [5, 5.41) is 14.4. The molecule has 0 unspecified atom stereocenters. The lowest BCUT2D eigenvalue weighted by Crippen LogP contribution is -2.21. The second kappa shape index (κ2) is 9.42. The fourth-order valence-corrected chi connectivity index (χ4v) is 4.00. The molecule has 0 saturated heterocycles. The molecule has 1 aliphatic rings. The minimum Gasteiger partial charge on any atom is -0.468 e. The second-order valence-corrected chi connectivity index (χ2v) is 8.15. The molecule has 3 N–H and O–H groups in total. The molecule has 33 heavy (non-hydrogen) atoms. The van der Waals surface area contributed by atoms with E-state index in [2.05, 4.69) is 20.6 Å². The molecule has 1 aliphatic carbocycles. The monoisotopic (exact) mass is 461 g/mol. The van der Waals surface area contributed by atoms with Crippen molar-refractivity contribution in [2.24, 2.45) is 0 Å². The van der Waals surface area contributed by atoms with Gasteiger partial charge in [-0.2, -0.15) is 0 Å². The Kier molecular flexibility index (Phi) is 6.42. The summed E-state index contributed by atoms with van der Waals surface area (Å²) >= 11 is 5.92. The van der Waals surface area contributed by atoms with Crippen LogP contribution in [-0.2, 0) is 14.9 Å². The summed E-state index contributed by atoms with van der Waals surface area (Å²) in [7, 11) is 3.20. The zero-order valence-corrected chi connectivity index (χ0v) is 19.1. The van der Waals surface area contributed by atoms with E-state index in [4.69, 9.17) is 21.7 Å². The third kappa shape index (κ3) is 4.59. The molecule has 0 amide bonds. The van der Waals surface area contributed by atoms with Gasteiger partial charge in [0.15, 0.2) is 5.82 Å². The highest BCUT2D eigenvalue weighted by Crippen LogP contribution is 2.49. The molecule has 4 rings (SSSR count). The predicted octanol–water partition coefficient (Wildman–Crippen LogP) is 4.65. The zero-order chi connectivity index (χ0) is 23.4. The van der Waals surface area contributed by atoms with Gasteiger partial charge in [0.05, 0.1) is 24.9 Å². The maximum atomic E-state index is 12.1. The average Bonchev–Trinajstić information content (AvgIpc) is 3.66. The quantitative estimate of drug-likeness (QED) is 0.333. The van der Waals surface area contributed by atoms with Crippen LogP contribution in [0.2, 0.25) is 5.15 Å². The lowest BCUT2D eigenvalue weighted by molar-refractivity contribution is -0.143. The van der Waals surface area contributed by atoms with Crippen molar-refractivity contribution in [3.63, 3.8) is 0 Å². The number of carbonyl (C=O) groups is 1. The highest BCUT2D eigenvalue weighted by atomic mass is 35.5. The number of hydrogen-bond acceptors (Lipinski definition) is 7. The molecule has 0 aliphatic heterocycles. The van der Waals surface area contributed by atoms with Gasteiger partial charge in [0.1, 0.15) is 11.0 Å². The second-order valence-electron chi connectivity index (χ2n) is 7.76. The number of hydrogen-bond donors (Lipinski definition) is 3. The van der Waals surface area contributed by atoms with Crippen LogP contribution in [0.5, 0.6) is 0 Å². The number of nitrogens with one attached hydrogen (secondary N) is 3. The summed E-state index contributed by atoms with van der Waals surface area (Å²) in [6.07, 6.45) is 5.95. The van der Waals surface area contributed by atoms with E-state index in [-0.39, 0.29) is 11.1 Å². The molecule has 1 fully saturated rings. The first-order chi connectivity index (χ1) is 16.0. The molecule has 0 spiro atoms. The van der Waals surface area contributed by atoms with Crippen LogP contribution in [0.15, 0.2) is 66.7 Å². The molecule has 1 aromatic heterocycles. The molecule has 3 aromatic rings. The van der Waals surface area contributed by atoms with Gasteiger partial charge in [-0.05, 0) is 35.1 Å². The normalized spacial score (nSPS) is 14.6. The Morgan fingerprint density at radius 2 is 1.73 bits per heavy atom. The number of ether oxygens (including phenoxy) is 1. The Morgan fingerprint density at radius 3 is 2.24 bits per heavy atom. The first-order valence-electron chi connectivity index (χ1n) is 10.5. The van der Waals surface area contributed by atoms with Crippen molar-refractivity contribution in [1.29, 1.82) is 5.41 Å². The summed E-state index contributed by atoms with van der Waals surface area (Å²) < 4.78 is 4.98. The van der Waals surface area contributed by atoms with E-state index in [0.29, 0.717) is 17.2 Å². The van der Waals surface area contributed by atoms with Crippen LogP contribution in [0.4, 0.5) is 5.82 Å². The smallest absolute Gasteiger partial charge is 0.316 e. The van der Waals surface area contributed by atoms with Crippen LogP contribution in [0, 0.1) is 5.41 Å². The first kappa shape index (κ1) is 22.5. The van der Waals surface area contributed by atoms with E-state index >= 15 is 0 Å². The fraction of sp³-hybridized carbons (Fsp3) is 0.200. The Morgan fingerprint density at radius 1 is 1.09 bits per heavy atom. The summed E-state index contributed by atoms with van der Waals surface area (Å²) in [5.74, 6) is 0.919. The van der Waals surface area contributed by atoms with Crippen LogP contribution in [0.3, 0.4) is 0 Å². The van der Waals surface area contributed by atoms with Gasteiger partial charge in [-0.15, -0.1) is 0 Å². The van der Waals surface area contributed by atoms with Crippen LogP contribution in [0.1, 0.15) is 24.0 Å². The largest absolute Gasteiger partial charge is 0.468 e.